The van der Waals surface area contributed by atoms with Gasteiger partial charge in [0.05, 0.1) is 5.52 Å². The zero-order chi connectivity index (χ0) is 18.2. The molecule has 0 bridgehead atoms. The number of hydrogen-bond acceptors (Lipinski definition) is 4. The minimum Gasteiger partial charge on any atom is -0.457 e. The first-order valence-corrected chi connectivity index (χ1v) is 9.90. The fourth-order valence-corrected chi connectivity index (χ4v) is 4.38. The van der Waals surface area contributed by atoms with E-state index in [-0.39, 0.29) is 0 Å². The predicted molar refractivity (Wildman–Crippen MR) is 110 cm³/mol. The van der Waals surface area contributed by atoms with Crippen molar-refractivity contribution >= 4 is 16.6 Å². The minimum absolute atomic E-state index is 0.583. The van der Waals surface area contributed by atoms with Crippen molar-refractivity contribution in [3.05, 3.63) is 59.8 Å². The summed E-state index contributed by atoms with van der Waals surface area (Å²) in [6.45, 7) is 3.33. The Balaban J connectivity index is 1.54. The molecule has 0 atom stereocenters. The van der Waals surface area contributed by atoms with Crippen molar-refractivity contribution in [2.45, 2.75) is 25.2 Å². The van der Waals surface area contributed by atoms with Gasteiger partial charge in [-0.1, -0.05) is 18.2 Å². The van der Waals surface area contributed by atoms with Gasteiger partial charge in [-0.3, -0.25) is 4.98 Å². The Hall–Kier alpha value is -2.59. The Morgan fingerprint density at radius 1 is 1.04 bits per heavy atom. The molecule has 1 fully saturated rings. The number of hydrogen-bond donors (Lipinski definition) is 1. The van der Waals surface area contributed by atoms with Crippen molar-refractivity contribution in [1.82, 2.24) is 9.88 Å². The highest BCUT2D eigenvalue weighted by atomic mass is 16.5. The first-order valence-electron chi connectivity index (χ1n) is 9.90. The van der Waals surface area contributed by atoms with Gasteiger partial charge >= 0.3 is 0 Å². The molecule has 3 aromatic rings. The third-order valence-electron chi connectivity index (χ3n) is 5.85. The predicted octanol–water partition coefficient (Wildman–Crippen LogP) is 4.80. The van der Waals surface area contributed by atoms with E-state index in [0.717, 1.165) is 43.1 Å². The van der Waals surface area contributed by atoms with E-state index >= 15 is 0 Å². The molecule has 1 aromatic heterocycles. The van der Waals surface area contributed by atoms with E-state index in [2.05, 4.69) is 29.4 Å². The Labute approximate surface area is 160 Å². The molecule has 0 radical (unpaired) electrons. The molecule has 0 amide bonds. The Bertz CT molecular complexity index is 962. The first-order chi connectivity index (χ1) is 13.3. The lowest BCUT2D eigenvalue weighted by Crippen LogP contribution is -2.29. The fourth-order valence-electron chi connectivity index (χ4n) is 4.38. The zero-order valence-corrected chi connectivity index (χ0v) is 15.7. The minimum atomic E-state index is 0.583. The Morgan fingerprint density at radius 2 is 1.85 bits per heavy atom. The lowest BCUT2D eigenvalue weighted by molar-refractivity contribution is 0.253. The number of ether oxygens (including phenoxy) is 1. The van der Waals surface area contributed by atoms with Crippen LogP contribution in [0, 0.1) is 0 Å². The van der Waals surface area contributed by atoms with Gasteiger partial charge in [0.15, 0.2) is 0 Å². The molecule has 5 rings (SSSR count). The number of nitrogens with zero attached hydrogens (tertiary/aromatic N) is 2. The van der Waals surface area contributed by atoms with Gasteiger partial charge in [-0.25, -0.2) is 0 Å². The van der Waals surface area contributed by atoms with Gasteiger partial charge in [-0.2, -0.15) is 0 Å². The number of para-hydroxylation sites is 1. The highest BCUT2D eigenvalue weighted by Crippen LogP contribution is 2.40. The van der Waals surface area contributed by atoms with Crippen molar-refractivity contribution in [3.63, 3.8) is 0 Å². The van der Waals surface area contributed by atoms with Crippen LogP contribution >= 0.6 is 0 Å². The van der Waals surface area contributed by atoms with Gasteiger partial charge in [0.25, 0.3) is 0 Å². The molecule has 0 spiro atoms. The number of rotatable bonds is 3. The molecule has 1 N–H and O–H groups in total. The number of anilines is 1. The molecule has 2 aliphatic heterocycles. The van der Waals surface area contributed by atoms with Crippen LogP contribution in [0.3, 0.4) is 0 Å². The van der Waals surface area contributed by atoms with Crippen LogP contribution in [-0.4, -0.2) is 36.6 Å². The van der Waals surface area contributed by atoms with E-state index in [1.165, 1.54) is 35.2 Å². The number of likely N-dealkylation sites (tertiary alicyclic amines) is 1. The van der Waals surface area contributed by atoms with Crippen LogP contribution < -0.4 is 10.1 Å². The largest absolute Gasteiger partial charge is 0.457 e. The molecular formula is C23H25N3O. The summed E-state index contributed by atoms with van der Waals surface area (Å²) in [5.74, 6) is 2.30. The Kier molecular flexibility index (Phi) is 4.21. The second-order valence-corrected chi connectivity index (χ2v) is 7.70. The second-order valence-electron chi connectivity index (χ2n) is 7.70. The van der Waals surface area contributed by atoms with Crippen molar-refractivity contribution in [1.29, 1.82) is 0 Å². The third-order valence-corrected chi connectivity index (χ3v) is 5.85. The molecule has 2 aromatic carbocycles. The van der Waals surface area contributed by atoms with Gasteiger partial charge in [0.1, 0.15) is 11.5 Å². The maximum atomic E-state index is 6.04. The maximum Gasteiger partial charge on any atom is 0.128 e. The van der Waals surface area contributed by atoms with Crippen LogP contribution in [0.25, 0.3) is 10.9 Å². The molecule has 138 valence electrons. The van der Waals surface area contributed by atoms with Crippen molar-refractivity contribution < 1.29 is 4.74 Å². The number of aromatic nitrogens is 1. The van der Waals surface area contributed by atoms with E-state index in [9.17, 15) is 0 Å². The maximum absolute atomic E-state index is 6.04. The van der Waals surface area contributed by atoms with E-state index in [0.29, 0.717) is 5.92 Å². The van der Waals surface area contributed by atoms with E-state index in [1.54, 1.807) is 0 Å². The summed E-state index contributed by atoms with van der Waals surface area (Å²) in [5, 5.41) is 4.79. The molecule has 1 saturated heterocycles. The summed E-state index contributed by atoms with van der Waals surface area (Å²) in [4.78, 5) is 7.55. The van der Waals surface area contributed by atoms with Gasteiger partial charge in [0, 0.05) is 29.2 Å². The summed E-state index contributed by atoms with van der Waals surface area (Å²) in [6.07, 6.45) is 3.48. The summed E-state index contributed by atoms with van der Waals surface area (Å²) in [6, 6.07) is 16.2. The molecule has 0 unspecified atom stereocenters. The molecule has 27 heavy (non-hydrogen) atoms. The van der Waals surface area contributed by atoms with Crippen LogP contribution in [0.1, 0.15) is 30.0 Å². The summed E-state index contributed by atoms with van der Waals surface area (Å²) in [5.41, 5.74) is 5.09. The average molecular weight is 359 g/mol. The van der Waals surface area contributed by atoms with E-state index in [1.807, 2.05) is 36.4 Å². The molecule has 2 aliphatic rings. The number of fused-ring (bicyclic) bond motifs is 3. The summed E-state index contributed by atoms with van der Waals surface area (Å²) >= 11 is 0. The molecular weight excluding hydrogens is 334 g/mol. The highest BCUT2D eigenvalue weighted by molar-refractivity contribution is 5.95. The lowest BCUT2D eigenvalue weighted by atomic mass is 9.89. The number of nitrogens with one attached hydrogen (secondary N) is 1. The SMILES string of the molecule is CN1CCC(c2nc3ccc(Oc4ccccc4)cc3c3c2CCN3)CC1. The molecule has 0 saturated carbocycles. The normalized spacial score (nSPS) is 17.7. The number of pyridine rings is 1. The van der Waals surface area contributed by atoms with Crippen LogP contribution in [0.2, 0.25) is 0 Å². The third kappa shape index (κ3) is 3.15. The highest BCUT2D eigenvalue weighted by Gasteiger charge is 2.27. The monoisotopic (exact) mass is 359 g/mol. The molecule has 3 heterocycles. The smallest absolute Gasteiger partial charge is 0.128 e. The number of benzene rings is 2. The van der Waals surface area contributed by atoms with Gasteiger partial charge < -0.3 is 15.0 Å². The van der Waals surface area contributed by atoms with Crippen molar-refractivity contribution in [2.75, 3.05) is 32.0 Å². The fraction of sp³-hybridized carbons (Fsp3) is 0.348. The first kappa shape index (κ1) is 16.6. The Morgan fingerprint density at radius 3 is 2.67 bits per heavy atom. The number of piperidine rings is 1. The zero-order valence-electron chi connectivity index (χ0n) is 15.7. The summed E-state index contributed by atoms with van der Waals surface area (Å²) < 4.78 is 6.04. The van der Waals surface area contributed by atoms with Crippen LogP contribution in [0.5, 0.6) is 11.5 Å². The van der Waals surface area contributed by atoms with Crippen molar-refractivity contribution in [3.8, 4) is 11.5 Å². The van der Waals surface area contributed by atoms with Gasteiger partial charge in [-0.15, -0.1) is 0 Å². The van der Waals surface area contributed by atoms with Gasteiger partial charge in [-0.05, 0) is 75.3 Å². The van der Waals surface area contributed by atoms with Crippen LogP contribution in [0.15, 0.2) is 48.5 Å². The molecule has 0 aliphatic carbocycles. The van der Waals surface area contributed by atoms with E-state index < -0.39 is 0 Å². The second kappa shape index (κ2) is 6.86. The standard InChI is InChI=1S/C23H25N3O/c1-26-13-10-16(11-14-26)22-19-9-12-24-23(19)20-15-18(7-8-21(20)25-22)27-17-5-3-2-4-6-17/h2-8,15-16,24H,9-14H2,1H3. The van der Waals surface area contributed by atoms with Crippen LogP contribution in [0.4, 0.5) is 5.69 Å². The quantitative estimate of drug-likeness (QED) is 0.729. The van der Waals surface area contributed by atoms with Crippen molar-refractivity contribution in [2.24, 2.45) is 0 Å². The van der Waals surface area contributed by atoms with Gasteiger partial charge in [0.2, 0.25) is 0 Å². The molecule has 4 heteroatoms. The molecule has 4 nitrogen and oxygen atoms in total. The lowest BCUT2D eigenvalue weighted by Gasteiger charge is -2.29. The van der Waals surface area contributed by atoms with E-state index in [4.69, 9.17) is 9.72 Å². The summed E-state index contributed by atoms with van der Waals surface area (Å²) in [7, 11) is 2.21. The topological polar surface area (TPSA) is 37.4 Å². The average Bonchev–Trinajstić information content (AvgIpc) is 3.19. The van der Waals surface area contributed by atoms with Crippen LogP contribution in [-0.2, 0) is 6.42 Å².